The summed E-state index contributed by atoms with van der Waals surface area (Å²) in [6, 6.07) is 11.2. The number of hydrogen-bond acceptors (Lipinski definition) is 5. The van der Waals surface area contributed by atoms with Crippen molar-refractivity contribution in [2.24, 2.45) is 0 Å². The molecule has 3 rings (SSSR count). The van der Waals surface area contributed by atoms with Crippen LogP contribution in [0, 0.1) is 10.1 Å². The molecule has 7 nitrogen and oxygen atoms in total. The van der Waals surface area contributed by atoms with E-state index in [2.05, 4.69) is 20.8 Å². The lowest BCUT2D eigenvalue weighted by atomic mass is 10.1. The summed E-state index contributed by atoms with van der Waals surface area (Å²) in [5, 5.41) is 20.6. The third kappa shape index (κ3) is 3.74. The molecule has 1 heterocycles. The lowest BCUT2D eigenvalue weighted by Crippen LogP contribution is -2.48. The maximum absolute atomic E-state index is 12.6. The average Bonchev–Trinajstić information content (AvgIpc) is 2.63. The number of amides is 1. The lowest BCUT2D eigenvalue weighted by Gasteiger charge is -2.36. The van der Waals surface area contributed by atoms with E-state index < -0.39 is 4.92 Å². The second-order valence-electron chi connectivity index (χ2n) is 5.71. The number of nitrogens with zero attached hydrogens (tertiary/aromatic N) is 3. The molecular weight excluding hydrogens is 390 g/mol. The number of halogens is 1. The van der Waals surface area contributed by atoms with Gasteiger partial charge in [0, 0.05) is 48.5 Å². The van der Waals surface area contributed by atoms with Crippen LogP contribution in [0.3, 0.4) is 0 Å². The van der Waals surface area contributed by atoms with Crippen LogP contribution in [0.5, 0.6) is 5.75 Å². The number of rotatable bonds is 3. The first-order valence-corrected chi connectivity index (χ1v) is 8.52. The first-order chi connectivity index (χ1) is 12.0. The molecule has 0 aromatic heterocycles. The van der Waals surface area contributed by atoms with Gasteiger partial charge in [0.25, 0.3) is 11.6 Å². The van der Waals surface area contributed by atoms with Gasteiger partial charge in [0.05, 0.1) is 10.5 Å². The van der Waals surface area contributed by atoms with Gasteiger partial charge in [-0.15, -0.1) is 0 Å². The van der Waals surface area contributed by atoms with Crippen LogP contribution in [0.15, 0.2) is 46.9 Å². The van der Waals surface area contributed by atoms with Crippen LogP contribution in [0.25, 0.3) is 0 Å². The quantitative estimate of drug-likeness (QED) is 0.626. The Morgan fingerprint density at radius 1 is 1.08 bits per heavy atom. The summed E-state index contributed by atoms with van der Waals surface area (Å²) in [6.45, 7) is 2.28. The first-order valence-electron chi connectivity index (χ1n) is 7.73. The van der Waals surface area contributed by atoms with Crippen molar-refractivity contribution in [1.82, 2.24) is 4.90 Å². The van der Waals surface area contributed by atoms with Gasteiger partial charge in [0.1, 0.15) is 5.75 Å². The Kier molecular flexibility index (Phi) is 4.89. The highest BCUT2D eigenvalue weighted by Crippen LogP contribution is 2.25. The minimum absolute atomic E-state index is 0.0361. The first kappa shape index (κ1) is 17.2. The molecule has 130 valence electrons. The van der Waals surface area contributed by atoms with Crippen molar-refractivity contribution in [3.63, 3.8) is 0 Å². The number of phenols is 1. The molecule has 0 atom stereocenters. The Bertz CT molecular complexity index is 802. The summed E-state index contributed by atoms with van der Waals surface area (Å²) >= 11 is 3.31. The SMILES string of the molecule is O=C(c1cc(Br)ccc1O)N1CCN(c2ccc([N+](=O)[O-])cc2)CC1. The Hall–Kier alpha value is -2.61. The van der Waals surface area contributed by atoms with Crippen molar-refractivity contribution in [2.45, 2.75) is 0 Å². The molecule has 2 aromatic rings. The molecule has 0 spiro atoms. The summed E-state index contributed by atoms with van der Waals surface area (Å²) in [7, 11) is 0. The zero-order valence-corrected chi connectivity index (χ0v) is 14.8. The van der Waals surface area contributed by atoms with Gasteiger partial charge in [-0.25, -0.2) is 0 Å². The summed E-state index contributed by atoms with van der Waals surface area (Å²) in [5.41, 5.74) is 1.23. The molecule has 0 bridgehead atoms. The Morgan fingerprint density at radius 2 is 1.72 bits per heavy atom. The largest absolute Gasteiger partial charge is 0.507 e. The number of carbonyl (C=O) groups excluding carboxylic acids is 1. The summed E-state index contributed by atoms with van der Waals surface area (Å²) in [5.74, 6) is -0.242. The number of carbonyl (C=O) groups is 1. The zero-order chi connectivity index (χ0) is 18.0. The van der Waals surface area contributed by atoms with Gasteiger partial charge < -0.3 is 14.9 Å². The van der Waals surface area contributed by atoms with Crippen molar-refractivity contribution >= 4 is 33.2 Å². The predicted molar refractivity (Wildman–Crippen MR) is 97.0 cm³/mol. The van der Waals surface area contributed by atoms with Gasteiger partial charge in [-0.2, -0.15) is 0 Å². The summed E-state index contributed by atoms with van der Waals surface area (Å²) in [4.78, 5) is 26.7. The number of hydrogen-bond donors (Lipinski definition) is 1. The molecule has 1 N–H and O–H groups in total. The van der Waals surface area contributed by atoms with Crippen LogP contribution in [0.2, 0.25) is 0 Å². The van der Waals surface area contributed by atoms with Crippen LogP contribution in [0.4, 0.5) is 11.4 Å². The Balaban J connectivity index is 1.66. The standard InChI is InChI=1S/C17H16BrN3O4/c18-12-1-6-16(22)15(11-12)17(23)20-9-7-19(8-10-20)13-2-4-14(5-3-13)21(24)25/h1-6,11,22H,7-10H2. The molecule has 0 radical (unpaired) electrons. The van der Waals surface area contributed by atoms with E-state index in [4.69, 9.17) is 0 Å². The van der Waals surface area contributed by atoms with Gasteiger partial charge in [-0.05, 0) is 30.3 Å². The van der Waals surface area contributed by atoms with Gasteiger partial charge in [0.15, 0.2) is 0 Å². The van der Waals surface area contributed by atoms with Gasteiger partial charge >= 0.3 is 0 Å². The van der Waals surface area contributed by atoms with Crippen LogP contribution in [-0.2, 0) is 0 Å². The predicted octanol–water partition coefficient (Wildman–Crippen LogP) is 3.03. The van der Waals surface area contributed by atoms with Crippen LogP contribution in [0.1, 0.15) is 10.4 Å². The Labute approximate surface area is 152 Å². The number of piperazine rings is 1. The van der Waals surface area contributed by atoms with Crippen molar-refractivity contribution in [3.8, 4) is 5.75 Å². The van der Waals surface area contributed by atoms with E-state index in [1.807, 2.05) is 0 Å². The third-order valence-electron chi connectivity index (χ3n) is 4.18. The second-order valence-corrected chi connectivity index (χ2v) is 6.63. The van der Waals surface area contributed by atoms with Crippen molar-refractivity contribution < 1.29 is 14.8 Å². The second kappa shape index (κ2) is 7.10. The molecule has 1 saturated heterocycles. The molecule has 2 aromatic carbocycles. The topological polar surface area (TPSA) is 86.9 Å². The maximum atomic E-state index is 12.6. The molecule has 1 fully saturated rings. The van der Waals surface area contributed by atoms with E-state index in [0.717, 1.165) is 10.2 Å². The van der Waals surface area contributed by atoms with E-state index >= 15 is 0 Å². The van der Waals surface area contributed by atoms with Crippen molar-refractivity contribution in [3.05, 3.63) is 62.6 Å². The summed E-state index contributed by atoms with van der Waals surface area (Å²) in [6.07, 6.45) is 0. The minimum Gasteiger partial charge on any atom is -0.507 e. The molecule has 1 aliphatic heterocycles. The highest BCUT2D eigenvalue weighted by molar-refractivity contribution is 9.10. The number of nitro groups is 1. The monoisotopic (exact) mass is 405 g/mol. The molecular formula is C17H16BrN3O4. The van der Waals surface area contributed by atoms with Crippen LogP contribution in [-0.4, -0.2) is 47.0 Å². The molecule has 25 heavy (non-hydrogen) atoms. The number of non-ortho nitro benzene ring substituents is 1. The van der Waals surface area contributed by atoms with Crippen molar-refractivity contribution in [1.29, 1.82) is 0 Å². The Morgan fingerprint density at radius 3 is 2.32 bits per heavy atom. The van der Waals surface area contributed by atoms with E-state index in [-0.39, 0.29) is 22.9 Å². The van der Waals surface area contributed by atoms with Gasteiger partial charge in [-0.1, -0.05) is 15.9 Å². The summed E-state index contributed by atoms with van der Waals surface area (Å²) < 4.78 is 0.734. The number of phenolic OH excluding ortho intramolecular Hbond substituents is 1. The van der Waals surface area contributed by atoms with E-state index in [1.165, 1.54) is 18.2 Å². The average molecular weight is 406 g/mol. The third-order valence-corrected chi connectivity index (χ3v) is 4.67. The van der Waals surface area contributed by atoms with E-state index in [0.29, 0.717) is 26.2 Å². The molecule has 0 aliphatic carbocycles. The van der Waals surface area contributed by atoms with Gasteiger partial charge in [0.2, 0.25) is 0 Å². The highest BCUT2D eigenvalue weighted by atomic mass is 79.9. The normalized spacial score (nSPS) is 14.4. The fourth-order valence-electron chi connectivity index (χ4n) is 2.80. The molecule has 1 amide bonds. The minimum atomic E-state index is -0.426. The fourth-order valence-corrected chi connectivity index (χ4v) is 3.16. The van der Waals surface area contributed by atoms with Gasteiger partial charge in [-0.3, -0.25) is 14.9 Å². The molecule has 8 heteroatoms. The molecule has 1 aliphatic rings. The number of benzene rings is 2. The number of anilines is 1. The number of aromatic hydroxyl groups is 1. The molecule has 0 saturated carbocycles. The lowest BCUT2D eigenvalue weighted by molar-refractivity contribution is -0.384. The fraction of sp³-hybridized carbons (Fsp3) is 0.235. The smallest absolute Gasteiger partial charge is 0.269 e. The van der Waals surface area contributed by atoms with E-state index in [9.17, 15) is 20.0 Å². The molecule has 0 unspecified atom stereocenters. The highest BCUT2D eigenvalue weighted by Gasteiger charge is 2.24. The number of nitro benzene ring substituents is 1. The van der Waals surface area contributed by atoms with Crippen molar-refractivity contribution in [2.75, 3.05) is 31.1 Å². The van der Waals surface area contributed by atoms with Crippen LogP contribution < -0.4 is 4.90 Å². The zero-order valence-electron chi connectivity index (χ0n) is 13.3. The maximum Gasteiger partial charge on any atom is 0.269 e. The van der Waals surface area contributed by atoms with E-state index in [1.54, 1.807) is 29.2 Å². The van der Waals surface area contributed by atoms with Crippen LogP contribution >= 0.6 is 15.9 Å².